The highest BCUT2D eigenvalue weighted by atomic mass is 32.2. The van der Waals surface area contributed by atoms with Gasteiger partial charge in [-0.05, 0) is 25.0 Å². The van der Waals surface area contributed by atoms with Crippen LogP contribution in [-0.4, -0.2) is 70.5 Å². The van der Waals surface area contributed by atoms with E-state index in [0.717, 1.165) is 0 Å². The summed E-state index contributed by atoms with van der Waals surface area (Å²) >= 11 is 1.65. The van der Waals surface area contributed by atoms with Gasteiger partial charge in [0.05, 0.1) is 22.2 Å². The summed E-state index contributed by atoms with van der Waals surface area (Å²) in [6.07, 6.45) is 1.43. The molecular formula is C17H21N3O5S. The zero-order valence-electron chi connectivity index (χ0n) is 14.6. The molecule has 2 amide bonds. The molecule has 0 aliphatic carbocycles. The number of amides is 2. The quantitative estimate of drug-likeness (QED) is 0.572. The SMILES string of the molecule is COCCN1C(=O)CSC12CCN(C(=O)c1ccc([N+](=O)[O-])cc1)CC2. The number of benzene rings is 1. The van der Waals surface area contributed by atoms with E-state index in [1.165, 1.54) is 24.3 Å². The van der Waals surface area contributed by atoms with Gasteiger partial charge in [-0.3, -0.25) is 19.7 Å². The van der Waals surface area contributed by atoms with Crippen molar-refractivity contribution in [2.24, 2.45) is 0 Å². The van der Waals surface area contributed by atoms with Crippen molar-refractivity contribution < 1.29 is 19.2 Å². The van der Waals surface area contributed by atoms with Gasteiger partial charge in [0.25, 0.3) is 11.6 Å². The Morgan fingerprint density at radius 3 is 2.54 bits per heavy atom. The minimum atomic E-state index is -0.484. The Labute approximate surface area is 155 Å². The Bertz CT molecular complexity index is 701. The summed E-state index contributed by atoms with van der Waals surface area (Å²) in [7, 11) is 1.62. The van der Waals surface area contributed by atoms with Gasteiger partial charge in [-0.15, -0.1) is 11.8 Å². The number of nitrogens with zero attached hydrogens (tertiary/aromatic N) is 3. The van der Waals surface area contributed by atoms with Gasteiger partial charge < -0.3 is 14.5 Å². The van der Waals surface area contributed by atoms with Crippen molar-refractivity contribution in [3.05, 3.63) is 39.9 Å². The van der Waals surface area contributed by atoms with E-state index in [9.17, 15) is 19.7 Å². The minimum absolute atomic E-state index is 0.0335. The molecule has 0 unspecified atom stereocenters. The molecule has 2 aliphatic rings. The Kier molecular flexibility index (Phi) is 5.47. The first-order valence-electron chi connectivity index (χ1n) is 8.44. The van der Waals surface area contributed by atoms with Crippen LogP contribution in [0.4, 0.5) is 5.69 Å². The van der Waals surface area contributed by atoms with Gasteiger partial charge in [-0.2, -0.15) is 0 Å². The van der Waals surface area contributed by atoms with Crippen LogP contribution in [0.1, 0.15) is 23.2 Å². The summed E-state index contributed by atoms with van der Waals surface area (Å²) in [6, 6.07) is 5.67. The van der Waals surface area contributed by atoms with Crippen LogP contribution < -0.4 is 0 Å². The van der Waals surface area contributed by atoms with Crippen molar-refractivity contribution in [3.63, 3.8) is 0 Å². The predicted octanol–water partition coefficient (Wildman–Crippen LogP) is 1.75. The Balaban J connectivity index is 1.65. The van der Waals surface area contributed by atoms with Crippen molar-refractivity contribution in [1.82, 2.24) is 9.80 Å². The minimum Gasteiger partial charge on any atom is -0.383 e. The molecule has 0 N–H and O–H groups in total. The monoisotopic (exact) mass is 379 g/mol. The number of likely N-dealkylation sites (tertiary alicyclic amines) is 1. The van der Waals surface area contributed by atoms with Crippen LogP contribution in [0.15, 0.2) is 24.3 Å². The number of nitro benzene ring substituents is 1. The average Bonchev–Trinajstić information content (AvgIpc) is 2.95. The van der Waals surface area contributed by atoms with Gasteiger partial charge in [0.2, 0.25) is 5.91 Å². The molecule has 1 spiro atoms. The van der Waals surface area contributed by atoms with Gasteiger partial charge in [-0.25, -0.2) is 0 Å². The highest BCUT2D eigenvalue weighted by molar-refractivity contribution is 8.01. The number of thioether (sulfide) groups is 1. The first kappa shape index (κ1) is 18.7. The van der Waals surface area contributed by atoms with Gasteiger partial charge >= 0.3 is 0 Å². The molecule has 0 bridgehead atoms. The molecule has 140 valence electrons. The van der Waals surface area contributed by atoms with Gasteiger partial charge in [0.1, 0.15) is 0 Å². The predicted molar refractivity (Wildman–Crippen MR) is 97.0 cm³/mol. The van der Waals surface area contributed by atoms with Crippen LogP contribution in [0, 0.1) is 10.1 Å². The van der Waals surface area contributed by atoms with Crippen molar-refractivity contribution in [1.29, 1.82) is 0 Å². The van der Waals surface area contributed by atoms with Crippen LogP contribution in [-0.2, 0) is 9.53 Å². The molecule has 0 atom stereocenters. The fraction of sp³-hybridized carbons (Fsp3) is 0.529. The van der Waals surface area contributed by atoms with Crippen LogP contribution in [0.3, 0.4) is 0 Å². The number of hydrogen-bond donors (Lipinski definition) is 0. The second-order valence-corrected chi connectivity index (χ2v) is 7.71. The molecule has 2 heterocycles. The summed E-state index contributed by atoms with van der Waals surface area (Å²) < 4.78 is 5.11. The molecule has 26 heavy (non-hydrogen) atoms. The van der Waals surface area contributed by atoms with E-state index >= 15 is 0 Å². The molecular weight excluding hydrogens is 358 g/mol. The maximum atomic E-state index is 12.7. The molecule has 0 saturated carbocycles. The molecule has 2 aliphatic heterocycles. The summed E-state index contributed by atoms with van der Waals surface area (Å²) in [5, 5.41) is 10.7. The van der Waals surface area contributed by atoms with Gasteiger partial charge in [0.15, 0.2) is 0 Å². The van der Waals surface area contributed by atoms with E-state index in [1.54, 1.807) is 23.8 Å². The van der Waals surface area contributed by atoms with Gasteiger partial charge in [0, 0.05) is 44.4 Å². The number of carbonyl (C=O) groups excluding carboxylic acids is 2. The van der Waals surface area contributed by atoms with E-state index < -0.39 is 4.92 Å². The third-order valence-corrected chi connectivity index (χ3v) is 6.49. The first-order valence-corrected chi connectivity index (χ1v) is 9.42. The maximum absolute atomic E-state index is 12.7. The van der Waals surface area contributed by atoms with E-state index in [2.05, 4.69) is 0 Å². The lowest BCUT2D eigenvalue weighted by atomic mass is 10.0. The van der Waals surface area contributed by atoms with Crippen LogP contribution in [0.5, 0.6) is 0 Å². The third kappa shape index (κ3) is 3.54. The normalized spacial score (nSPS) is 19.2. The lowest BCUT2D eigenvalue weighted by Gasteiger charge is -2.44. The molecule has 2 fully saturated rings. The zero-order chi connectivity index (χ0) is 18.7. The number of ether oxygens (including phenoxy) is 1. The number of nitro groups is 1. The van der Waals surface area contributed by atoms with Crippen molar-refractivity contribution in [2.75, 3.05) is 39.1 Å². The molecule has 8 nitrogen and oxygen atoms in total. The number of hydrogen-bond acceptors (Lipinski definition) is 6. The number of piperidine rings is 1. The lowest BCUT2D eigenvalue weighted by Crippen LogP contribution is -2.53. The molecule has 2 saturated heterocycles. The standard InChI is InChI=1S/C17H21N3O5S/c1-25-11-10-19-15(21)12-26-17(19)6-8-18(9-7-17)16(22)13-2-4-14(5-3-13)20(23)24/h2-5H,6-12H2,1H3. The molecule has 9 heteroatoms. The number of carbonyl (C=O) groups is 2. The summed E-state index contributed by atoms with van der Waals surface area (Å²) in [5.74, 6) is 0.467. The molecule has 3 rings (SSSR count). The lowest BCUT2D eigenvalue weighted by molar-refractivity contribution is -0.384. The number of rotatable bonds is 5. The second kappa shape index (κ2) is 7.63. The van der Waals surface area contributed by atoms with Crippen LogP contribution >= 0.6 is 11.8 Å². The summed E-state index contributed by atoms with van der Waals surface area (Å²) in [5.41, 5.74) is 0.409. The largest absolute Gasteiger partial charge is 0.383 e. The maximum Gasteiger partial charge on any atom is 0.269 e. The topological polar surface area (TPSA) is 93.0 Å². The highest BCUT2D eigenvalue weighted by Crippen LogP contribution is 2.44. The zero-order valence-corrected chi connectivity index (χ0v) is 15.4. The van der Waals surface area contributed by atoms with Crippen LogP contribution in [0.25, 0.3) is 0 Å². The molecule has 1 aromatic carbocycles. The third-order valence-electron chi connectivity index (χ3n) is 4.93. The van der Waals surface area contributed by atoms with E-state index in [-0.39, 0.29) is 22.4 Å². The summed E-state index contributed by atoms with van der Waals surface area (Å²) in [6.45, 7) is 2.18. The molecule has 0 radical (unpaired) electrons. The average molecular weight is 379 g/mol. The smallest absolute Gasteiger partial charge is 0.269 e. The van der Waals surface area contributed by atoms with Crippen molar-refractivity contribution in [3.8, 4) is 0 Å². The van der Waals surface area contributed by atoms with E-state index in [1.807, 2.05) is 4.90 Å². The fourth-order valence-electron chi connectivity index (χ4n) is 3.47. The Morgan fingerprint density at radius 2 is 1.96 bits per heavy atom. The first-order chi connectivity index (χ1) is 12.5. The van der Waals surface area contributed by atoms with E-state index in [0.29, 0.717) is 50.4 Å². The van der Waals surface area contributed by atoms with Crippen molar-refractivity contribution in [2.45, 2.75) is 17.7 Å². The van der Waals surface area contributed by atoms with Gasteiger partial charge in [-0.1, -0.05) is 0 Å². The molecule has 1 aromatic rings. The van der Waals surface area contributed by atoms with Crippen molar-refractivity contribution >= 4 is 29.3 Å². The number of methoxy groups -OCH3 is 1. The van der Waals surface area contributed by atoms with E-state index in [4.69, 9.17) is 4.74 Å². The number of non-ortho nitro benzene ring substituents is 1. The highest BCUT2D eigenvalue weighted by Gasteiger charge is 2.48. The van der Waals surface area contributed by atoms with Crippen LogP contribution in [0.2, 0.25) is 0 Å². The molecule has 0 aromatic heterocycles. The fourth-order valence-corrected chi connectivity index (χ4v) is 4.84. The second-order valence-electron chi connectivity index (χ2n) is 6.37. The Morgan fingerprint density at radius 1 is 1.31 bits per heavy atom. The Hall–Kier alpha value is -2.13. The summed E-state index contributed by atoms with van der Waals surface area (Å²) in [4.78, 5) is 38.5.